The Balaban J connectivity index is 1.55. The number of halogens is 1. The third-order valence-electron chi connectivity index (χ3n) is 3.85. The minimum atomic E-state index is -0.718. The maximum Gasteiger partial charge on any atom is 0.265 e. The maximum atomic E-state index is 12.9. The van der Waals surface area contributed by atoms with Crippen LogP contribution >= 0.6 is 0 Å². The lowest BCUT2D eigenvalue weighted by atomic mass is 10.3. The van der Waals surface area contributed by atoms with E-state index in [-0.39, 0.29) is 11.7 Å². The molecule has 1 saturated heterocycles. The van der Waals surface area contributed by atoms with Gasteiger partial charge in [-0.05, 0) is 43.3 Å². The lowest BCUT2D eigenvalue weighted by Crippen LogP contribution is -2.36. The smallest absolute Gasteiger partial charge is 0.265 e. The summed E-state index contributed by atoms with van der Waals surface area (Å²) in [6.45, 7) is 4.63. The molecule has 2 heterocycles. The van der Waals surface area contributed by atoms with Gasteiger partial charge < -0.3 is 19.7 Å². The van der Waals surface area contributed by atoms with E-state index >= 15 is 0 Å². The standard InChI is InChI=1S/C18H20FN3O3/c1-13(25-16-5-2-14(19)3-6-16)18(23)21-15-4-7-17(20-12-15)22-8-10-24-11-9-22/h2-7,12-13H,8-11H2,1H3,(H,21,23). The zero-order chi connectivity index (χ0) is 17.6. The van der Waals surface area contributed by atoms with Gasteiger partial charge in [-0.3, -0.25) is 4.79 Å². The Bertz CT molecular complexity index is 701. The fourth-order valence-corrected chi connectivity index (χ4v) is 2.45. The zero-order valence-electron chi connectivity index (χ0n) is 13.9. The third-order valence-corrected chi connectivity index (χ3v) is 3.85. The SMILES string of the molecule is CC(Oc1ccc(F)cc1)C(=O)Nc1ccc(N2CCOCC2)nc1. The summed E-state index contributed by atoms with van der Waals surface area (Å²) in [5.41, 5.74) is 0.594. The molecule has 1 aromatic heterocycles. The number of morpholine rings is 1. The second kappa shape index (κ2) is 7.94. The van der Waals surface area contributed by atoms with Crippen LogP contribution in [0.25, 0.3) is 0 Å². The van der Waals surface area contributed by atoms with Gasteiger partial charge in [0.25, 0.3) is 5.91 Å². The maximum absolute atomic E-state index is 12.9. The van der Waals surface area contributed by atoms with E-state index in [0.717, 1.165) is 18.9 Å². The van der Waals surface area contributed by atoms with Crippen LogP contribution in [0.2, 0.25) is 0 Å². The lowest BCUT2D eigenvalue weighted by molar-refractivity contribution is -0.122. The zero-order valence-corrected chi connectivity index (χ0v) is 13.9. The molecular formula is C18H20FN3O3. The Kier molecular flexibility index (Phi) is 5.45. The fraction of sp³-hybridized carbons (Fsp3) is 0.333. The molecule has 0 spiro atoms. The van der Waals surface area contributed by atoms with Crippen LogP contribution < -0.4 is 15.0 Å². The van der Waals surface area contributed by atoms with Crippen molar-refractivity contribution < 1.29 is 18.7 Å². The van der Waals surface area contributed by atoms with E-state index < -0.39 is 6.10 Å². The Labute approximate surface area is 145 Å². The van der Waals surface area contributed by atoms with Crippen LogP contribution in [0, 0.1) is 5.82 Å². The number of pyridine rings is 1. The Morgan fingerprint density at radius 3 is 2.60 bits per heavy atom. The molecular weight excluding hydrogens is 325 g/mol. The monoisotopic (exact) mass is 345 g/mol. The molecule has 6 nitrogen and oxygen atoms in total. The highest BCUT2D eigenvalue weighted by Gasteiger charge is 2.16. The second-order valence-electron chi connectivity index (χ2n) is 5.71. The minimum Gasteiger partial charge on any atom is -0.481 e. The first-order valence-electron chi connectivity index (χ1n) is 8.13. The van der Waals surface area contributed by atoms with Crippen LogP contribution in [-0.4, -0.2) is 43.3 Å². The lowest BCUT2D eigenvalue weighted by Gasteiger charge is -2.27. The van der Waals surface area contributed by atoms with Gasteiger partial charge in [-0.25, -0.2) is 9.37 Å². The minimum absolute atomic E-state index is 0.301. The number of benzene rings is 1. The van der Waals surface area contributed by atoms with Crippen LogP contribution in [0.15, 0.2) is 42.6 Å². The number of carbonyl (C=O) groups excluding carboxylic acids is 1. The first-order valence-corrected chi connectivity index (χ1v) is 8.13. The van der Waals surface area contributed by atoms with Gasteiger partial charge in [-0.1, -0.05) is 0 Å². The van der Waals surface area contributed by atoms with E-state index in [1.54, 1.807) is 19.2 Å². The summed E-state index contributed by atoms with van der Waals surface area (Å²) in [7, 11) is 0. The number of hydrogen-bond acceptors (Lipinski definition) is 5. The van der Waals surface area contributed by atoms with Crippen LogP contribution in [0.5, 0.6) is 5.75 Å². The molecule has 0 bridgehead atoms. The van der Waals surface area contributed by atoms with E-state index in [2.05, 4.69) is 15.2 Å². The number of nitrogens with one attached hydrogen (secondary N) is 1. The summed E-state index contributed by atoms with van der Waals surface area (Å²) >= 11 is 0. The van der Waals surface area contributed by atoms with Gasteiger partial charge in [0.05, 0.1) is 25.1 Å². The van der Waals surface area contributed by atoms with Gasteiger partial charge in [0.15, 0.2) is 6.10 Å². The number of hydrogen-bond donors (Lipinski definition) is 1. The summed E-state index contributed by atoms with van der Waals surface area (Å²) in [4.78, 5) is 18.7. The van der Waals surface area contributed by atoms with Crippen molar-refractivity contribution in [3.8, 4) is 5.75 Å². The summed E-state index contributed by atoms with van der Waals surface area (Å²) in [5, 5.41) is 2.76. The average Bonchev–Trinajstić information content (AvgIpc) is 2.65. The van der Waals surface area contributed by atoms with Crippen molar-refractivity contribution in [2.75, 3.05) is 36.5 Å². The van der Waals surface area contributed by atoms with Gasteiger partial charge in [0, 0.05) is 13.1 Å². The number of nitrogens with zero attached hydrogens (tertiary/aromatic N) is 2. The van der Waals surface area contributed by atoms with Crippen molar-refractivity contribution in [1.29, 1.82) is 0 Å². The highest BCUT2D eigenvalue weighted by molar-refractivity contribution is 5.94. The molecule has 1 aliphatic rings. The van der Waals surface area contributed by atoms with E-state index in [1.807, 2.05) is 6.07 Å². The second-order valence-corrected chi connectivity index (χ2v) is 5.71. The van der Waals surface area contributed by atoms with Crippen molar-refractivity contribution in [1.82, 2.24) is 4.98 Å². The van der Waals surface area contributed by atoms with Crippen molar-refractivity contribution in [2.24, 2.45) is 0 Å². The van der Waals surface area contributed by atoms with Gasteiger partial charge in [-0.2, -0.15) is 0 Å². The summed E-state index contributed by atoms with van der Waals surface area (Å²) < 4.78 is 23.7. The van der Waals surface area contributed by atoms with E-state index in [4.69, 9.17) is 9.47 Å². The number of rotatable bonds is 5. The van der Waals surface area contributed by atoms with Crippen molar-refractivity contribution in [2.45, 2.75) is 13.0 Å². The van der Waals surface area contributed by atoms with Gasteiger partial charge in [0.1, 0.15) is 17.4 Å². The molecule has 3 rings (SSSR count). The summed E-state index contributed by atoms with van der Waals surface area (Å²) in [6, 6.07) is 9.21. The van der Waals surface area contributed by atoms with E-state index in [9.17, 15) is 9.18 Å². The van der Waals surface area contributed by atoms with Gasteiger partial charge >= 0.3 is 0 Å². The van der Waals surface area contributed by atoms with Crippen LogP contribution in [0.3, 0.4) is 0 Å². The number of aromatic nitrogens is 1. The predicted molar refractivity (Wildman–Crippen MR) is 92.4 cm³/mol. The van der Waals surface area contributed by atoms with Crippen molar-refractivity contribution in [3.63, 3.8) is 0 Å². The Morgan fingerprint density at radius 1 is 1.24 bits per heavy atom. The van der Waals surface area contributed by atoms with Crippen molar-refractivity contribution in [3.05, 3.63) is 48.4 Å². The number of ether oxygens (including phenoxy) is 2. The molecule has 0 radical (unpaired) electrons. The highest BCUT2D eigenvalue weighted by atomic mass is 19.1. The quantitative estimate of drug-likeness (QED) is 0.902. The summed E-state index contributed by atoms with van der Waals surface area (Å²) in [6.07, 6.45) is 0.900. The van der Waals surface area contributed by atoms with Gasteiger partial charge in [0.2, 0.25) is 0 Å². The Hall–Kier alpha value is -2.67. The molecule has 1 aliphatic heterocycles. The Morgan fingerprint density at radius 2 is 1.96 bits per heavy atom. The molecule has 25 heavy (non-hydrogen) atoms. The predicted octanol–water partition coefficient (Wildman–Crippen LogP) is 2.46. The molecule has 2 aromatic rings. The topological polar surface area (TPSA) is 63.7 Å². The van der Waals surface area contributed by atoms with E-state index in [1.165, 1.54) is 24.3 Å². The average molecular weight is 345 g/mol. The molecule has 7 heteroatoms. The van der Waals surface area contributed by atoms with Crippen molar-refractivity contribution >= 4 is 17.4 Å². The molecule has 1 unspecified atom stereocenters. The summed E-state index contributed by atoms with van der Waals surface area (Å²) in [5.74, 6) is 0.642. The largest absolute Gasteiger partial charge is 0.481 e. The first kappa shape index (κ1) is 17.2. The first-order chi connectivity index (χ1) is 12.1. The third kappa shape index (κ3) is 4.67. The fourth-order valence-electron chi connectivity index (χ4n) is 2.45. The molecule has 1 N–H and O–H groups in total. The van der Waals surface area contributed by atoms with Gasteiger partial charge in [-0.15, -0.1) is 0 Å². The van der Waals surface area contributed by atoms with E-state index in [0.29, 0.717) is 24.7 Å². The van der Waals surface area contributed by atoms with Crippen LogP contribution in [0.4, 0.5) is 15.9 Å². The molecule has 0 aliphatic carbocycles. The number of carbonyl (C=O) groups is 1. The normalized spacial score (nSPS) is 15.5. The molecule has 1 amide bonds. The molecule has 1 atom stereocenters. The molecule has 132 valence electrons. The number of anilines is 2. The number of amides is 1. The molecule has 1 aromatic carbocycles. The van der Waals surface area contributed by atoms with Crippen LogP contribution in [0.1, 0.15) is 6.92 Å². The molecule has 1 fully saturated rings. The van der Waals surface area contributed by atoms with Crippen LogP contribution in [-0.2, 0) is 9.53 Å². The molecule has 0 saturated carbocycles. The highest BCUT2D eigenvalue weighted by Crippen LogP contribution is 2.17.